The Kier molecular flexibility index (Phi) is 7.88. The highest BCUT2D eigenvalue weighted by atomic mass is 79.9. The van der Waals surface area contributed by atoms with Crippen LogP contribution in [0.4, 0.5) is 5.13 Å². The number of aromatic nitrogens is 1. The predicted octanol–water partition coefficient (Wildman–Crippen LogP) is 5.79. The van der Waals surface area contributed by atoms with Gasteiger partial charge in [0.25, 0.3) is 5.91 Å². The van der Waals surface area contributed by atoms with Crippen molar-refractivity contribution in [1.29, 1.82) is 0 Å². The van der Waals surface area contributed by atoms with Crippen LogP contribution in [0.2, 0.25) is 5.02 Å². The molecule has 140 valence electrons. The molecule has 0 bridgehead atoms. The molecule has 0 spiro atoms. The third kappa shape index (κ3) is 5.18. The first-order valence-electron chi connectivity index (χ1n) is 7.72. The molecule has 0 unspecified atom stereocenters. The van der Waals surface area contributed by atoms with Gasteiger partial charge in [-0.2, -0.15) is 0 Å². The lowest BCUT2D eigenvalue weighted by atomic mass is 10.3. The summed E-state index contributed by atoms with van der Waals surface area (Å²) in [6, 6.07) is 9.35. The first kappa shape index (κ1) is 21.6. The van der Waals surface area contributed by atoms with Gasteiger partial charge in [0.05, 0.1) is 18.9 Å². The Morgan fingerprint density at radius 2 is 1.96 bits per heavy atom. The molecule has 0 aliphatic carbocycles. The smallest absolute Gasteiger partial charge is 0.270 e. The zero-order valence-corrected chi connectivity index (χ0v) is 19.0. The van der Waals surface area contributed by atoms with Crippen molar-refractivity contribution < 1.29 is 4.79 Å². The largest absolute Gasteiger partial charge is 0.309 e. The predicted molar refractivity (Wildman–Crippen MR) is 119 cm³/mol. The number of amides is 1. The molecule has 3 rings (SSSR count). The molecule has 0 radical (unpaired) electrons. The number of rotatable bonds is 6. The van der Waals surface area contributed by atoms with Crippen molar-refractivity contribution in [1.82, 2.24) is 9.88 Å². The van der Waals surface area contributed by atoms with Gasteiger partial charge in [-0.1, -0.05) is 22.9 Å². The van der Waals surface area contributed by atoms with Crippen LogP contribution in [0, 0.1) is 0 Å². The van der Waals surface area contributed by atoms with E-state index >= 15 is 0 Å². The number of carbonyl (C=O) groups excluding carboxylic acids is 1. The van der Waals surface area contributed by atoms with Gasteiger partial charge in [0, 0.05) is 11.6 Å². The lowest BCUT2D eigenvalue weighted by molar-refractivity contribution is 0.0990. The molecule has 0 fully saturated rings. The Bertz CT molecular complexity index is 897. The average molecular weight is 495 g/mol. The molecule has 3 aromatic rings. The van der Waals surface area contributed by atoms with Gasteiger partial charge in [-0.25, -0.2) is 4.98 Å². The maximum Gasteiger partial charge on any atom is 0.270 e. The summed E-state index contributed by atoms with van der Waals surface area (Å²) in [5.74, 6) is -0.0143. The van der Waals surface area contributed by atoms with E-state index in [1.807, 2.05) is 44.4 Å². The molecule has 2 aromatic heterocycles. The maximum atomic E-state index is 13.0. The minimum absolute atomic E-state index is 0. The number of hydrogen-bond donors (Lipinski definition) is 0. The van der Waals surface area contributed by atoms with Gasteiger partial charge >= 0.3 is 0 Å². The Labute approximate surface area is 180 Å². The summed E-state index contributed by atoms with van der Waals surface area (Å²) in [5, 5.41) is 1.39. The second kappa shape index (κ2) is 9.48. The molecule has 0 aliphatic heterocycles. The zero-order valence-electron chi connectivity index (χ0n) is 14.2. The van der Waals surface area contributed by atoms with E-state index in [-0.39, 0.29) is 18.3 Å². The SMILES string of the molecule is CN(C)CCCN(C(=O)c1ccc(Br)s1)c1nc2ccc(Cl)cc2s1.Cl. The van der Waals surface area contributed by atoms with Gasteiger partial charge in [-0.15, -0.1) is 23.7 Å². The molecule has 1 amide bonds. The second-order valence-electron chi connectivity index (χ2n) is 5.83. The summed E-state index contributed by atoms with van der Waals surface area (Å²) in [6.07, 6.45) is 0.877. The van der Waals surface area contributed by atoms with E-state index in [1.54, 1.807) is 4.90 Å². The summed E-state index contributed by atoms with van der Waals surface area (Å²) in [7, 11) is 4.06. The van der Waals surface area contributed by atoms with E-state index in [0.717, 1.165) is 27.0 Å². The zero-order chi connectivity index (χ0) is 18.0. The van der Waals surface area contributed by atoms with Crippen LogP contribution in [0.1, 0.15) is 16.1 Å². The van der Waals surface area contributed by atoms with Gasteiger partial charge < -0.3 is 4.90 Å². The topological polar surface area (TPSA) is 36.4 Å². The molecule has 2 heterocycles. The molecule has 0 saturated heterocycles. The van der Waals surface area contributed by atoms with Crippen LogP contribution in [0.5, 0.6) is 0 Å². The molecule has 1 aromatic carbocycles. The summed E-state index contributed by atoms with van der Waals surface area (Å²) >= 11 is 12.4. The highest BCUT2D eigenvalue weighted by Gasteiger charge is 2.22. The molecular formula is C17H18BrCl2N3OS2. The number of hydrogen-bond acceptors (Lipinski definition) is 5. The van der Waals surface area contributed by atoms with E-state index in [1.165, 1.54) is 22.7 Å². The molecule has 0 atom stereocenters. The van der Waals surface area contributed by atoms with Crippen molar-refractivity contribution in [2.75, 3.05) is 32.1 Å². The van der Waals surface area contributed by atoms with Crippen LogP contribution in [0.25, 0.3) is 10.2 Å². The highest BCUT2D eigenvalue weighted by Crippen LogP contribution is 2.33. The van der Waals surface area contributed by atoms with E-state index in [4.69, 9.17) is 11.6 Å². The minimum Gasteiger partial charge on any atom is -0.309 e. The third-order valence-corrected chi connectivity index (χ3v) is 6.47. The summed E-state index contributed by atoms with van der Waals surface area (Å²) < 4.78 is 1.93. The quantitative estimate of drug-likeness (QED) is 0.434. The van der Waals surface area contributed by atoms with Crippen LogP contribution in [-0.4, -0.2) is 43.0 Å². The van der Waals surface area contributed by atoms with E-state index in [9.17, 15) is 4.79 Å². The lowest BCUT2D eigenvalue weighted by Crippen LogP contribution is -2.32. The number of fused-ring (bicyclic) bond motifs is 1. The molecule has 26 heavy (non-hydrogen) atoms. The number of nitrogens with zero attached hydrogens (tertiary/aromatic N) is 3. The first-order valence-corrected chi connectivity index (χ1v) is 10.5. The molecule has 0 saturated carbocycles. The van der Waals surface area contributed by atoms with Crippen LogP contribution in [0.3, 0.4) is 0 Å². The fourth-order valence-electron chi connectivity index (χ4n) is 2.39. The monoisotopic (exact) mass is 493 g/mol. The normalized spacial score (nSPS) is 11.0. The highest BCUT2D eigenvalue weighted by molar-refractivity contribution is 9.11. The number of thiophene rings is 1. The van der Waals surface area contributed by atoms with Gasteiger partial charge in [0.1, 0.15) is 0 Å². The molecule has 0 aliphatic rings. The lowest BCUT2D eigenvalue weighted by Gasteiger charge is -2.20. The van der Waals surface area contributed by atoms with Crippen LogP contribution < -0.4 is 4.90 Å². The Balaban J connectivity index is 0.00000243. The van der Waals surface area contributed by atoms with Crippen LogP contribution in [0.15, 0.2) is 34.1 Å². The van der Waals surface area contributed by atoms with Crippen molar-refractivity contribution >= 4 is 83.9 Å². The van der Waals surface area contributed by atoms with Crippen molar-refractivity contribution in [3.63, 3.8) is 0 Å². The van der Waals surface area contributed by atoms with E-state index < -0.39 is 0 Å². The molecule has 0 N–H and O–H groups in total. The maximum absolute atomic E-state index is 13.0. The van der Waals surface area contributed by atoms with Gasteiger partial charge in [0.15, 0.2) is 5.13 Å². The number of anilines is 1. The number of carbonyl (C=O) groups is 1. The second-order valence-corrected chi connectivity index (χ2v) is 9.73. The van der Waals surface area contributed by atoms with Crippen LogP contribution in [-0.2, 0) is 0 Å². The van der Waals surface area contributed by atoms with Crippen molar-refractivity contribution in [2.24, 2.45) is 0 Å². The van der Waals surface area contributed by atoms with Gasteiger partial charge in [-0.05, 0) is 73.3 Å². The van der Waals surface area contributed by atoms with E-state index in [0.29, 0.717) is 21.6 Å². The Hall–Kier alpha value is -0.700. The van der Waals surface area contributed by atoms with Crippen LogP contribution >= 0.6 is 62.6 Å². The van der Waals surface area contributed by atoms with Gasteiger partial charge in [-0.3, -0.25) is 9.69 Å². The Morgan fingerprint density at radius 3 is 2.62 bits per heavy atom. The molecular weight excluding hydrogens is 477 g/mol. The van der Waals surface area contributed by atoms with Gasteiger partial charge in [0.2, 0.25) is 0 Å². The number of thiazole rings is 1. The number of halogens is 3. The summed E-state index contributed by atoms with van der Waals surface area (Å²) in [4.78, 5) is 22.3. The number of benzene rings is 1. The molecule has 4 nitrogen and oxygen atoms in total. The summed E-state index contributed by atoms with van der Waals surface area (Å²) in [5.41, 5.74) is 0.863. The standard InChI is InChI=1S/C17H17BrClN3OS2.ClH/c1-21(2)8-3-9-22(16(23)13-6-7-15(18)24-13)17-20-12-5-4-11(19)10-14(12)25-17;/h4-7,10H,3,8-9H2,1-2H3;1H. The van der Waals surface area contributed by atoms with Crippen molar-refractivity contribution in [3.05, 3.63) is 44.0 Å². The van der Waals surface area contributed by atoms with E-state index in [2.05, 4.69) is 25.8 Å². The average Bonchev–Trinajstić information content (AvgIpc) is 3.16. The third-order valence-electron chi connectivity index (χ3n) is 3.59. The fraction of sp³-hybridized carbons (Fsp3) is 0.294. The molecule has 9 heteroatoms. The van der Waals surface area contributed by atoms with Crippen molar-refractivity contribution in [3.8, 4) is 0 Å². The minimum atomic E-state index is -0.0143. The van der Waals surface area contributed by atoms with Crippen molar-refractivity contribution in [2.45, 2.75) is 6.42 Å². The Morgan fingerprint density at radius 1 is 1.19 bits per heavy atom. The summed E-state index contributed by atoms with van der Waals surface area (Å²) in [6.45, 7) is 1.54. The fourth-order valence-corrected chi connectivity index (χ4v) is 4.99. The first-order chi connectivity index (χ1) is 11.9.